The number of amidine groups is 1. The number of carbonyl (C=O) groups is 1. The van der Waals surface area contributed by atoms with Gasteiger partial charge in [0.15, 0.2) is 16.7 Å². The van der Waals surface area contributed by atoms with E-state index < -0.39 is 0 Å². The van der Waals surface area contributed by atoms with Gasteiger partial charge in [0.1, 0.15) is 0 Å². The highest BCUT2D eigenvalue weighted by Gasteiger charge is 2.24. The molecule has 3 rings (SSSR count). The number of nitrogens with one attached hydrogen (secondary N) is 1. The van der Waals surface area contributed by atoms with Crippen molar-refractivity contribution >= 4 is 50.5 Å². The fourth-order valence-electron chi connectivity index (χ4n) is 2.39. The number of ether oxygens (including phenoxy) is 1. The molecule has 2 aromatic rings. The predicted octanol–water partition coefficient (Wildman–Crippen LogP) is 4.67. The zero-order valence-electron chi connectivity index (χ0n) is 14.5. The number of nitrogens with zero attached hydrogens (tertiary/aromatic N) is 1. The van der Waals surface area contributed by atoms with Crippen LogP contribution >= 0.6 is 27.7 Å². The zero-order valence-corrected chi connectivity index (χ0v) is 16.9. The van der Waals surface area contributed by atoms with Crippen LogP contribution in [0.15, 0.2) is 44.7 Å². The standard InChI is InChI=1S/C19H17BrN2O3S/c1-10-4-5-14(6-11(10)2)21-19-22-18(24)16(26-19)8-12-7-13(20)9-15(25-3)17(12)23/h4-9,23H,1-3H3,(H,21,22,24)/b16-8-. The van der Waals surface area contributed by atoms with Crippen LogP contribution in [0.3, 0.4) is 0 Å². The highest BCUT2D eigenvalue weighted by molar-refractivity contribution is 9.10. The molecule has 1 saturated heterocycles. The van der Waals surface area contributed by atoms with Crippen LogP contribution in [0.1, 0.15) is 16.7 Å². The second-order valence-corrected chi connectivity index (χ2v) is 7.74. The maximum atomic E-state index is 12.2. The van der Waals surface area contributed by atoms with Crippen LogP contribution in [-0.2, 0) is 4.79 Å². The van der Waals surface area contributed by atoms with Crippen LogP contribution in [-0.4, -0.2) is 23.3 Å². The van der Waals surface area contributed by atoms with E-state index in [1.165, 1.54) is 24.4 Å². The Kier molecular flexibility index (Phi) is 5.38. The quantitative estimate of drug-likeness (QED) is 0.691. The summed E-state index contributed by atoms with van der Waals surface area (Å²) in [5.41, 5.74) is 3.60. The van der Waals surface area contributed by atoms with Gasteiger partial charge in [0.25, 0.3) is 5.91 Å². The third-order valence-electron chi connectivity index (χ3n) is 3.95. The summed E-state index contributed by atoms with van der Waals surface area (Å²) in [6.45, 7) is 4.06. The largest absolute Gasteiger partial charge is 0.504 e. The molecule has 1 heterocycles. The first-order valence-electron chi connectivity index (χ1n) is 7.80. The molecule has 0 aliphatic carbocycles. The lowest BCUT2D eigenvalue weighted by molar-refractivity contribution is -0.115. The third-order valence-corrected chi connectivity index (χ3v) is 5.32. The van der Waals surface area contributed by atoms with Crippen molar-refractivity contribution in [3.05, 3.63) is 56.4 Å². The first-order valence-corrected chi connectivity index (χ1v) is 9.41. The summed E-state index contributed by atoms with van der Waals surface area (Å²) in [7, 11) is 1.48. The Morgan fingerprint density at radius 3 is 2.69 bits per heavy atom. The van der Waals surface area contributed by atoms with Crippen molar-refractivity contribution in [2.24, 2.45) is 4.99 Å². The first-order chi connectivity index (χ1) is 12.4. The van der Waals surface area contributed by atoms with Crippen molar-refractivity contribution in [1.29, 1.82) is 0 Å². The Morgan fingerprint density at radius 1 is 1.23 bits per heavy atom. The molecule has 0 unspecified atom stereocenters. The fourth-order valence-corrected chi connectivity index (χ4v) is 3.68. The molecule has 0 aromatic heterocycles. The summed E-state index contributed by atoms with van der Waals surface area (Å²) in [5, 5.41) is 13.5. The molecular weight excluding hydrogens is 416 g/mol. The van der Waals surface area contributed by atoms with Crippen molar-refractivity contribution in [3.63, 3.8) is 0 Å². The zero-order chi connectivity index (χ0) is 18.8. The summed E-state index contributed by atoms with van der Waals surface area (Å²) in [4.78, 5) is 17.2. The number of amides is 1. The van der Waals surface area contributed by atoms with Gasteiger partial charge in [0, 0.05) is 10.0 Å². The minimum Gasteiger partial charge on any atom is -0.504 e. The highest BCUT2D eigenvalue weighted by Crippen LogP contribution is 2.37. The molecule has 5 nitrogen and oxygen atoms in total. The molecule has 2 aromatic carbocycles. The molecule has 26 heavy (non-hydrogen) atoms. The lowest BCUT2D eigenvalue weighted by Crippen LogP contribution is -2.19. The number of thioether (sulfide) groups is 1. The average Bonchev–Trinajstić information content (AvgIpc) is 2.93. The summed E-state index contributed by atoms with van der Waals surface area (Å²) < 4.78 is 5.88. The molecule has 0 bridgehead atoms. The van der Waals surface area contributed by atoms with Gasteiger partial charge in [-0.1, -0.05) is 22.0 Å². The van der Waals surface area contributed by atoms with E-state index in [0.29, 0.717) is 21.4 Å². The van der Waals surface area contributed by atoms with Gasteiger partial charge in [-0.25, -0.2) is 4.99 Å². The number of aryl methyl sites for hydroxylation is 2. The Bertz CT molecular complexity index is 954. The molecule has 1 amide bonds. The SMILES string of the molecule is COc1cc(Br)cc(/C=C2\SC(=Nc3ccc(C)c(C)c3)NC2=O)c1O. The lowest BCUT2D eigenvalue weighted by Gasteiger charge is -2.07. The molecular formula is C19H17BrN2O3S. The van der Waals surface area contributed by atoms with E-state index in [9.17, 15) is 9.90 Å². The third kappa shape index (κ3) is 3.94. The van der Waals surface area contributed by atoms with Crippen LogP contribution in [0.25, 0.3) is 6.08 Å². The van der Waals surface area contributed by atoms with E-state index in [4.69, 9.17) is 4.74 Å². The average molecular weight is 433 g/mol. The van der Waals surface area contributed by atoms with Crippen molar-refractivity contribution in [2.75, 3.05) is 7.11 Å². The van der Waals surface area contributed by atoms with Gasteiger partial charge in [0.2, 0.25) is 0 Å². The topological polar surface area (TPSA) is 70.9 Å². The number of benzene rings is 2. The molecule has 0 saturated carbocycles. The van der Waals surface area contributed by atoms with Gasteiger partial charge in [0.05, 0.1) is 17.7 Å². The van der Waals surface area contributed by atoms with Crippen LogP contribution in [0, 0.1) is 13.8 Å². The second-order valence-electron chi connectivity index (χ2n) is 5.80. The maximum absolute atomic E-state index is 12.2. The highest BCUT2D eigenvalue weighted by atomic mass is 79.9. The molecule has 2 N–H and O–H groups in total. The Morgan fingerprint density at radius 2 is 2.00 bits per heavy atom. The lowest BCUT2D eigenvalue weighted by atomic mass is 10.1. The first kappa shape index (κ1) is 18.5. The molecule has 1 fully saturated rings. The van der Waals surface area contributed by atoms with Crippen LogP contribution < -0.4 is 10.1 Å². The number of halogens is 1. The molecule has 1 aliphatic rings. The van der Waals surface area contributed by atoms with Gasteiger partial charge < -0.3 is 15.2 Å². The van der Waals surface area contributed by atoms with Gasteiger partial charge in [-0.3, -0.25) is 4.79 Å². The molecule has 0 spiro atoms. The smallest absolute Gasteiger partial charge is 0.264 e. The van der Waals surface area contributed by atoms with Gasteiger partial charge in [-0.05, 0) is 67.1 Å². The number of carbonyl (C=O) groups excluding carboxylic acids is 1. The Labute approximate surface area is 164 Å². The summed E-state index contributed by atoms with van der Waals surface area (Å²) in [5.74, 6) is 0.0609. The van der Waals surface area contributed by atoms with E-state index in [2.05, 4.69) is 26.2 Å². The maximum Gasteiger partial charge on any atom is 0.264 e. The Balaban J connectivity index is 1.90. The molecule has 0 radical (unpaired) electrons. The van der Waals surface area contributed by atoms with E-state index in [1.54, 1.807) is 18.2 Å². The Hall–Kier alpha value is -2.25. The van der Waals surface area contributed by atoms with Crippen molar-refractivity contribution in [2.45, 2.75) is 13.8 Å². The monoisotopic (exact) mass is 432 g/mol. The fraction of sp³-hybridized carbons (Fsp3) is 0.158. The van der Waals surface area contributed by atoms with Gasteiger partial charge in [-0.2, -0.15) is 0 Å². The molecule has 0 atom stereocenters. The summed E-state index contributed by atoms with van der Waals surface area (Å²) in [6.07, 6.45) is 1.62. The van der Waals surface area contributed by atoms with Crippen molar-refractivity contribution < 1.29 is 14.6 Å². The second kappa shape index (κ2) is 7.55. The minimum atomic E-state index is -0.254. The van der Waals surface area contributed by atoms with E-state index in [1.807, 2.05) is 32.0 Å². The number of aliphatic imine (C=N–C) groups is 1. The number of phenols is 1. The number of methoxy groups -OCH3 is 1. The van der Waals surface area contributed by atoms with E-state index in [0.717, 1.165) is 15.7 Å². The molecule has 134 valence electrons. The summed E-state index contributed by atoms with van der Waals surface area (Å²) in [6, 6.07) is 9.26. The number of hydrogen-bond donors (Lipinski definition) is 2. The number of phenolic OH excluding ortho intramolecular Hbond substituents is 1. The van der Waals surface area contributed by atoms with Gasteiger partial charge in [-0.15, -0.1) is 0 Å². The number of rotatable bonds is 3. The van der Waals surface area contributed by atoms with Crippen molar-refractivity contribution in [1.82, 2.24) is 5.32 Å². The number of aromatic hydroxyl groups is 1. The molecule has 7 heteroatoms. The molecule has 1 aliphatic heterocycles. The van der Waals surface area contributed by atoms with Crippen LogP contribution in [0.5, 0.6) is 11.5 Å². The van der Waals surface area contributed by atoms with Crippen LogP contribution in [0.2, 0.25) is 0 Å². The predicted molar refractivity (Wildman–Crippen MR) is 109 cm³/mol. The van der Waals surface area contributed by atoms with Gasteiger partial charge >= 0.3 is 0 Å². The minimum absolute atomic E-state index is 0.0175. The normalized spacial score (nSPS) is 17.0. The van der Waals surface area contributed by atoms with E-state index in [-0.39, 0.29) is 11.7 Å². The van der Waals surface area contributed by atoms with Crippen molar-refractivity contribution in [3.8, 4) is 11.5 Å². The number of hydrogen-bond acceptors (Lipinski definition) is 5. The van der Waals surface area contributed by atoms with E-state index >= 15 is 0 Å². The summed E-state index contributed by atoms with van der Waals surface area (Å²) >= 11 is 4.60. The van der Waals surface area contributed by atoms with Crippen LogP contribution in [0.4, 0.5) is 5.69 Å².